The quantitative estimate of drug-likeness (QED) is 0.711. The van der Waals surface area contributed by atoms with Crippen molar-refractivity contribution in [3.8, 4) is 0 Å². The first-order chi connectivity index (χ1) is 11.4. The number of esters is 2. The summed E-state index contributed by atoms with van der Waals surface area (Å²) in [7, 11) is 2.58. The first-order valence-electron chi connectivity index (χ1n) is 8.49. The zero-order valence-corrected chi connectivity index (χ0v) is 14.5. The van der Waals surface area contributed by atoms with Gasteiger partial charge in [-0.2, -0.15) is 0 Å². The zero-order valence-electron chi connectivity index (χ0n) is 14.5. The van der Waals surface area contributed by atoms with Crippen LogP contribution in [0.25, 0.3) is 0 Å². The molecule has 0 radical (unpaired) electrons. The van der Waals surface area contributed by atoms with Crippen molar-refractivity contribution in [2.45, 2.75) is 44.8 Å². The second-order valence-electron chi connectivity index (χ2n) is 7.03. The van der Waals surface area contributed by atoms with E-state index in [1.165, 1.54) is 14.2 Å². The lowest BCUT2D eigenvalue weighted by Crippen LogP contribution is -2.53. The van der Waals surface area contributed by atoms with Crippen molar-refractivity contribution in [2.75, 3.05) is 14.2 Å². The molecule has 1 aliphatic carbocycles. The second kappa shape index (κ2) is 5.99. The van der Waals surface area contributed by atoms with Gasteiger partial charge in [-0.25, -0.2) is 0 Å². The molecular formula is C18H24O6. The minimum absolute atomic E-state index is 0.0515. The highest BCUT2D eigenvalue weighted by atomic mass is 16.6. The Kier molecular flexibility index (Phi) is 4.28. The van der Waals surface area contributed by atoms with Gasteiger partial charge in [0.2, 0.25) is 0 Å². The fraction of sp³-hybridized carbons (Fsp3) is 0.722. The Morgan fingerprint density at radius 3 is 2.50 bits per heavy atom. The van der Waals surface area contributed by atoms with Crippen molar-refractivity contribution in [3.05, 3.63) is 11.6 Å². The number of ether oxygens (including phenoxy) is 3. The Balaban J connectivity index is 1.98. The van der Waals surface area contributed by atoms with Gasteiger partial charge in [-0.15, -0.1) is 0 Å². The van der Waals surface area contributed by atoms with Crippen molar-refractivity contribution in [1.29, 1.82) is 0 Å². The zero-order chi connectivity index (χ0) is 17.6. The van der Waals surface area contributed by atoms with Gasteiger partial charge in [0.25, 0.3) is 0 Å². The van der Waals surface area contributed by atoms with E-state index in [0.29, 0.717) is 0 Å². The number of allylic oxidation sites excluding steroid dienone is 1. The van der Waals surface area contributed by atoms with Crippen LogP contribution in [0.4, 0.5) is 0 Å². The van der Waals surface area contributed by atoms with E-state index in [0.717, 1.165) is 24.8 Å². The van der Waals surface area contributed by atoms with Crippen molar-refractivity contribution in [2.24, 2.45) is 23.7 Å². The van der Waals surface area contributed by atoms with Gasteiger partial charge in [0.05, 0.1) is 37.8 Å². The highest BCUT2D eigenvalue weighted by molar-refractivity contribution is 6.02. The summed E-state index contributed by atoms with van der Waals surface area (Å²) in [5, 5.41) is 0. The van der Waals surface area contributed by atoms with Crippen LogP contribution in [-0.4, -0.2) is 43.6 Å². The van der Waals surface area contributed by atoms with Crippen LogP contribution in [0.1, 0.15) is 33.1 Å². The fourth-order valence-corrected chi connectivity index (χ4v) is 4.77. The van der Waals surface area contributed by atoms with Gasteiger partial charge >= 0.3 is 11.9 Å². The first kappa shape index (κ1) is 17.1. The van der Waals surface area contributed by atoms with Gasteiger partial charge < -0.3 is 14.2 Å². The first-order valence-corrected chi connectivity index (χ1v) is 8.49. The van der Waals surface area contributed by atoms with E-state index in [4.69, 9.17) is 14.2 Å². The second-order valence-corrected chi connectivity index (χ2v) is 7.03. The van der Waals surface area contributed by atoms with Crippen LogP contribution >= 0.6 is 0 Å². The van der Waals surface area contributed by atoms with E-state index in [-0.39, 0.29) is 11.7 Å². The predicted molar refractivity (Wildman–Crippen MR) is 83.9 cm³/mol. The lowest BCUT2D eigenvalue weighted by molar-refractivity contribution is -0.162. The van der Waals surface area contributed by atoms with E-state index in [2.05, 4.69) is 6.92 Å². The normalized spacial score (nSPS) is 39.6. The molecule has 24 heavy (non-hydrogen) atoms. The molecule has 0 saturated carbocycles. The average Bonchev–Trinajstić information content (AvgIpc) is 3.16. The van der Waals surface area contributed by atoms with Crippen molar-refractivity contribution in [3.63, 3.8) is 0 Å². The maximum absolute atomic E-state index is 12.9. The van der Waals surface area contributed by atoms with Crippen LogP contribution in [0.2, 0.25) is 0 Å². The summed E-state index contributed by atoms with van der Waals surface area (Å²) in [6.45, 7) is 3.83. The largest absolute Gasteiger partial charge is 0.469 e. The molecule has 132 valence electrons. The van der Waals surface area contributed by atoms with Crippen LogP contribution in [0.5, 0.6) is 0 Å². The van der Waals surface area contributed by atoms with Gasteiger partial charge in [0.15, 0.2) is 5.78 Å². The molecule has 0 N–H and O–H groups in total. The Labute approximate surface area is 141 Å². The maximum Gasteiger partial charge on any atom is 0.312 e. The summed E-state index contributed by atoms with van der Waals surface area (Å²) in [4.78, 5) is 37.5. The summed E-state index contributed by atoms with van der Waals surface area (Å²) in [6.07, 6.45) is 4.13. The molecule has 6 atom stereocenters. The van der Waals surface area contributed by atoms with Gasteiger partial charge in [-0.1, -0.05) is 19.4 Å². The van der Waals surface area contributed by atoms with Crippen molar-refractivity contribution >= 4 is 17.7 Å². The van der Waals surface area contributed by atoms with Gasteiger partial charge in [0, 0.05) is 5.92 Å². The molecule has 3 aliphatic rings. The highest BCUT2D eigenvalue weighted by Gasteiger charge is 2.73. The summed E-state index contributed by atoms with van der Waals surface area (Å²) < 4.78 is 15.8. The molecule has 3 rings (SSSR count). The van der Waals surface area contributed by atoms with E-state index < -0.39 is 41.4 Å². The van der Waals surface area contributed by atoms with Crippen LogP contribution in [0.3, 0.4) is 0 Å². The van der Waals surface area contributed by atoms with Crippen LogP contribution in [-0.2, 0) is 28.6 Å². The Bertz CT molecular complexity index is 609. The SMILES string of the molecule is CCCCC1=C[C@@H]2[C@@H]3O[C@](C)([C@@H]2C1=O)[C@H](C(=O)OC)[C@@H]3C(=O)OC. The van der Waals surface area contributed by atoms with Crippen molar-refractivity contribution in [1.82, 2.24) is 0 Å². The van der Waals surface area contributed by atoms with Crippen molar-refractivity contribution < 1.29 is 28.6 Å². The molecule has 0 spiro atoms. The Morgan fingerprint density at radius 2 is 1.92 bits per heavy atom. The number of hydrogen-bond donors (Lipinski definition) is 0. The molecule has 6 heteroatoms. The van der Waals surface area contributed by atoms with Gasteiger partial charge in [-0.3, -0.25) is 14.4 Å². The number of rotatable bonds is 5. The fourth-order valence-electron chi connectivity index (χ4n) is 4.77. The third-order valence-electron chi connectivity index (χ3n) is 5.82. The average molecular weight is 336 g/mol. The monoisotopic (exact) mass is 336 g/mol. The lowest BCUT2D eigenvalue weighted by atomic mass is 9.62. The number of hydrogen-bond acceptors (Lipinski definition) is 6. The number of fused-ring (bicyclic) bond motifs is 5. The third kappa shape index (κ3) is 2.15. The van der Waals surface area contributed by atoms with E-state index >= 15 is 0 Å². The Morgan fingerprint density at radius 1 is 1.25 bits per heavy atom. The molecule has 2 aliphatic heterocycles. The Hall–Kier alpha value is -1.69. The standard InChI is InChI=1S/C18H24O6/c1-5-6-7-9-8-10-12(14(9)19)18(2)13(17(21)23-4)11(15(10)24-18)16(20)22-3/h8,10-13,15H,5-7H2,1-4H3/t10-,11-,12-,13-,15-,18+/m0/s1. The number of methoxy groups -OCH3 is 2. The van der Waals surface area contributed by atoms with Gasteiger partial charge in [0.1, 0.15) is 5.92 Å². The number of Topliss-reactive ketones (excluding diaryl/α,β-unsaturated/α-hetero) is 1. The van der Waals surface area contributed by atoms with Crippen LogP contribution in [0, 0.1) is 23.7 Å². The summed E-state index contributed by atoms with van der Waals surface area (Å²) in [5.74, 6) is -3.09. The molecule has 0 amide bonds. The molecule has 6 nitrogen and oxygen atoms in total. The summed E-state index contributed by atoms with van der Waals surface area (Å²) in [5.41, 5.74) is -0.219. The smallest absolute Gasteiger partial charge is 0.312 e. The predicted octanol–water partition coefficient (Wildman–Crippen LogP) is 1.67. The summed E-state index contributed by atoms with van der Waals surface area (Å²) >= 11 is 0. The van der Waals surface area contributed by atoms with E-state index in [1.807, 2.05) is 6.08 Å². The summed E-state index contributed by atoms with van der Waals surface area (Å²) in [6, 6.07) is 0. The number of unbranched alkanes of at least 4 members (excludes halogenated alkanes) is 1. The lowest BCUT2D eigenvalue weighted by Gasteiger charge is -2.36. The molecular weight excluding hydrogens is 312 g/mol. The van der Waals surface area contributed by atoms with Gasteiger partial charge in [-0.05, 0) is 25.3 Å². The molecule has 2 bridgehead atoms. The topological polar surface area (TPSA) is 78.9 Å². The maximum atomic E-state index is 12.9. The van der Waals surface area contributed by atoms with E-state index in [1.54, 1.807) is 6.92 Å². The molecule has 2 saturated heterocycles. The molecule has 0 aromatic carbocycles. The van der Waals surface area contributed by atoms with E-state index in [9.17, 15) is 14.4 Å². The highest BCUT2D eigenvalue weighted by Crippen LogP contribution is 2.61. The number of ketones is 1. The molecule has 0 aromatic heterocycles. The minimum Gasteiger partial charge on any atom is -0.469 e. The molecule has 2 heterocycles. The third-order valence-corrected chi connectivity index (χ3v) is 5.82. The number of carbonyl (C=O) groups is 3. The minimum atomic E-state index is -1.02. The molecule has 2 fully saturated rings. The molecule has 0 aromatic rings. The number of carbonyl (C=O) groups excluding carboxylic acids is 3. The molecule has 0 unspecified atom stereocenters. The van der Waals surface area contributed by atoms with Crippen LogP contribution in [0.15, 0.2) is 11.6 Å². The van der Waals surface area contributed by atoms with Crippen LogP contribution < -0.4 is 0 Å².